The van der Waals surface area contributed by atoms with Crippen LogP contribution in [0.15, 0.2) is 122 Å². The van der Waals surface area contributed by atoms with Gasteiger partial charge in [-0.1, -0.05) is 303 Å². The largest absolute Gasteiger partial charge is 0.462 e. The molecular formula is C77H130O6. The first kappa shape index (κ1) is 78.8. The van der Waals surface area contributed by atoms with Gasteiger partial charge >= 0.3 is 17.9 Å². The van der Waals surface area contributed by atoms with Gasteiger partial charge in [0.05, 0.1) is 0 Å². The van der Waals surface area contributed by atoms with E-state index in [1.807, 2.05) is 0 Å². The lowest BCUT2D eigenvalue weighted by Gasteiger charge is -2.18. The predicted octanol–water partition coefficient (Wildman–Crippen LogP) is 24.3. The van der Waals surface area contributed by atoms with Crippen LogP contribution in [-0.4, -0.2) is 37.2 Å². The van der Waals surface area contributed by atoms with Crippen LogP contribution in [-0.2, 0) is 28.6 Å². The van der Waals surface area contributed by atoms with E-state index in [9.17, 15) is 14.4 Å². The Balaban J connectivity index is 4.39. The van der Waals surface area contributed by atoms with E-state index < -0.39 is 6.10 Å². The van der Waals surface area contributed by atoms with Gasteiger partial charge in [-0.3, -0.25) is 14.4 Å². The summed E-state index contributed by atoms with van der Waals surface area (Å²) in [5, 5.41) is 0. The van der Waals surface area contributed by atoms with Crippen LogP contribution in [0.25, 0.3) is 0 Å². The van der Waals surface area contributed by atoms with Crippen molar-refractivity contribution in [1.29, 1.82) is 0 Å². The first-order valence-corrected chi connectivity index (χ1v) is 35.0. The van der Waals surface area contributed by atoms with E-state index in [4.69, 9.17) is 14.2 Å². The summed E-state index contributed by atoms with van der Waals surface area (Å²) in [6.45, 7) is 6.42. The third kappa shape index (κ3) is 68.5. The Kier molecular flexibility index (Phi) is 66.7. The van der Waals surface area contributed by atoms with Crippen molar-refractivity contribution in [3.05, 3.63) is 122 Å². The predicted molar refractivity (Wildman–Crippen MR) is 362 cm³/mol. The molecule has 474 valence electrons. The fraction of sp³-hybridized carbons (Fsp3) is 0.701. The Morgan fingerprint density at radius 2 is 0.470 bits per heavy atom. The van der Waals surface area contributed by atoms with Crippen LogP contribution in [0.2, 0.25) is 0 Å². The van der Waals surface area contributed by atoms with Gasteiger partial charge in [-0.2, -0.15) is 0 Å². The van der Waals surface area contributed by atoms with Crippen LogP contribution in [0.1, 0.15) is 329 Å². The summed E-state index contributed by atoms with van der Waals surface area (Å²) in [6, 6.07) is 0. The maximum absolute atomic E-state index is 13.0. The van der Waals surface area contributed by atoms with Gasteiger partial charge in [0.2, 0.25) is 0 Å². The topological polar surface area (TPSA) is 78.9 Å². The fourth-order valence-electron chi connectivity index (χ4n) is 9.75. The van der Waals surface area contributed by atoms with Crippen molar-refractivity contribution in [1.82, 2.24) is 0 Å². The molecule has 0 radical (unpaired) electrons. The van der Waals surface area contributed by atoms with Crippen LogP contribution in [0.5, 0.6) is 0 Å². The second kappa shape index (κ2) is 70.3. The summed E-state index contributed by atoms with van der Waals surface area (Å²) in [7, 11) is 0. The highest BCUT2D eigenvalue weighted by atomic mass is 16.6. The number of carbonyl (C=O) groups is 3. The molecule has 0 aliphatic carbocycles. The minimum absolute atomic E-state index is 0.0862. The maximum Gasteiger partial charge on any atom is 0.306 e. The van der Waals surface area contributed by atoms with E-state index >= 15 is 0 Å². The zero-order valence-electron chi connectivity index (χ0n) is 54.4. The van der Waals surface area contributed by atoms with Crippen LogP contribution < -0.4 is 0 Å². The second-order valence-corrected chi connectivity index (χ2v) is 23.0. The SMILES string of the molecule is CC/C=C\C/C=C\C/C=C\C/C=C\CCCCCCCCCCCCC(=O)OC(COC(=O)CCCCCCCCC/C=C\C/C=C\C/C=C\CC)COC(=O)CCCCCCCCCCCC/C=C\C/C=C\C/C=C\CCCCCCC. The number of carbonyl (C=O) groups excluding carboxylic acids is 3. The Morgan fingerprint density at radius 3 is 0.735 bits per heavy atom. The number of hydrogen-bond acceptors (Lipinski definition) is 6. The first-order chi connectivity index (χ1) is 41.0. The van der Waals surface area contributed by atoms with Crippen LogP contribution in [0.3, 0.4) is 0 Å². The van der Waals surface area contributed by atoms with Gasteiger partial charge in [0.1, 0.15) is 13.2 Å². The summed E-state index contributed by atoms with van der Waals surface area (Å²) in [5.41, 5.74) is 0. The van der Waals surface area contributed by atoms with E-state index in [1.54, 1.807) is 0 Å². The van der Waals surface area contributed by atoms with Gasteiger partial charge in [-0.15, -0.1) is 0 Å². The average Bonchev–Trinajstić information content (AvgIpc) is 3.49. The molecule has 0 heterocycles. The van der Waals surface area contributed by atoms with E-state index in [-0.39, 0.29) is 31.1 Å². The molecule has 1 unspecified atom stereocenters. The summed E-state index contributed by atoms with van der Waals surface area (Å²) < 4.78 is 17.0. The molecule has 0 rings (SSSR count). The zero-order valence-corrected chi connectivity index (χ0v) is 54.4. The number of unbranched alkanes of at least 4 members (excludes halogenated alkanes) is 32. The lowest BCUT2D eigenvalue weighted by molar-refractivity contribution is -0.167. The molecule has 0 aliphatic rings. The van der Waals surface area contributed by atoms with E-state index in [0.29, 0.717) is 19.3 Å². The van der Waals surface area contributed by atoms with Crippen molar-refractivity contribution in [3.63, 3.8) is 0 Å². The van der Waals surface area contributed by atoms with Gasteiger partial charge in [0.15, 0.2) is 6.10 Å². The molecule has 6 nitrogen and oxygen atoms in total. The van der Waals surface area contributed by atoms with Crippen LogP contribution in [0, 0.1) is 0 Å². The number of allylic oxidation sites excluding steroid dienone is 20. The number of esters is 3. The lowest BCUT2D eigenvalue weighted by Crippen LogP contribution is -2.30. The van der Waals surface area contributed by atoms with Gasteiger partial charge in [0.25, 0.3) is 0 Å². The lowest BCUT2D eigenvalue weighted by atomic mass is 10.0. The highest BCUT2D eigenvalue weighted by molar-refractivity contribution is 5.71. The summed E-state index contributed by atoms with van der Waals surface area (Å²) in [5.74, 6) is -0.893. The smallest absolute Gasteiger partial charge is 0.306 e. The molecule has 0 amide bonds. The standard InChI is InChI=1S/C77H130O6/c1-4-7-10-13-16-19-22-25-28-31-33-35-37-38-40-41-43-46-49-52-55-58-61-64-67-70-76(79)82-73-74(72-81-75(78)69-66-63-60-57-54-51-48-45-30-27-24-21-18-15-12-9-6-3)83-77(80)71-68-65-62-59-56-53-50-47-44-42-39-36-34-32-29-26-23-20-17-14-11-8-5-2/h8-9,11-12,17-18,20-22,25-27,29-31,33-34,36-38,74H,4-7,10,13-16,19,23-24,28,32,35,39-73H2,1-3H3/b11-8-,12-9-,20-17-,21-18-,25-22-,29-26-,30-27-,33-31-,36-34-,38-37-. The quantitative estimate of drug-likeness (QED) is 0.0261. The minimum Gasteiger partial charge on any atom is -0.462 e. The van der Waals surface area contributed by atoms with Crippen molar-refractivity contribution >= 4 is 17.9 Å². The van der Waals surface area contributed by atoms with Crippen molar-refractivity contribution in [2.75, 3.05) is 13.2 Å². The Labute approximate surface area is 513 Å². The average molecular weight is 1150 g/mol. The van der Waals surface area contributed by atoms with Gasteiger partial charge in [-0.25, -0.2) is 0 Å². The normalized spacial score (nSPS) is 12.9. The Morgan fingerprint density at radius 1 is 0.253 bits per heavy atom. The number of ether oxygens (including phenoxy) is 3. The molecule has 0 spiro atoms. The summed E-state index contributed by atoms with van der Waals surface area (Å²) in [6.07, 6.45) is 97.8. The fourth-order valence-corrected chi connectivity index (χ4v) is 9.75. The molecule has 6 heteroatoms. The van der Waals surface area contributed by atoms with Crippen molar-refractivity contribution in [2.45, 2.75) is 335 Å². The number of rotatable bonds is 63. The molecule has 0 aliphatic heterocycles. The summed E-state index contributed by atoms with van der Waals surface area (Å²) >= 11 is 0. The molecular weight excluding hydrogens is 1020 g/mol. The second-order valence-electron chi connectivity index (χ2n) is 23.0. The van der Waals surface area contributed by atoms with Crippen molar-refractivity contribution in [2.24, 2.45) is 0 Å². The van der Waals surface area contributed by atoms with Gasteiger partial charge in [-0.05, 0) is 128 Å². The van der Waals surface area contributed by atoms with Crippen molar-refractivity contribution < 1.29 is 28.6 Å². The molecule has 0 saturated carbocycles. The molecule has 0 fully saturated rings. The third-order valence-corrected chi connectivity index (χ3v) is 14.9. The van der Waals surface area contributed by atoms with Crippen LogP contribution >= 0.6 is 0 Å². The van der Waals surface area contributed by atoms with E-state index in [0.717, 1.165) is 122 Å². The molecule has 0 aromatic rings. The Bertz CT molecular complexity index is 1700. The molecule has 0 aromatic heterocycles. The molecule has 0 N–H and O–H groups in total. The first-order valence-electron chi connectivity index (χ1n) is 35.0. The zero-order chi connectivity index (χ0) is 59.9. The van der Waals surface area contributed by atoms with Gasteiger partial charge in [0, 0.05) is 19.3 Å². The summed E-state index contributed by atoms with van der Waals surface area (Å²) in [4.78, 5) is 38.5. The van der Waals surface area contributed by atoms with Crippen LogP contribution in [0.4, 0.5) is 0 Å². The molecule has 83 heavy (non-hydrogen) atoms. The third-order valence-electron chi connectivity index (χ3n) is 14.9. The van der Waals surface area contributed by atoms with Crippen molar-refractivity contribution in [3.8, 4) is 0 Å². The minimum atomic E-state index is -0.792. The maximum atomic E-state index is 13.0. The Hall–Kier alpha value is -4.19. The molecule has 0 saturated heterocycles. The highest BCUT2D eigenvalue weighted by Gasteiger charge is 2.19. The monoisotopic (exact) mass is 1150 g/mol. The van der Waals surface area contributed by atoms with Gasteiger partial charge < -0.3 is 14.2 Å². The number of hydrogen-bond donors (Lipinski definition) is 0. The molecule has 0 aromatic carbocycles. The van der Waals surface area contributed by atoms with E-state index in [2.05, 4.69) is 142 Å². The molecule has 1 atom stereocenters. The highest BCUT2D eigenvalue weighted by Crippen LogP contribution is 2.16. The van der Waals surface area contributed by atoms with E-state index in [1.165, 1.54) is 167 Å². The molecule has 0 bridgehead atoms.